The summed E-state index contributed by atoms with van der Waals surface area (Å²) in [5.41, 5.74) is 9.39. The van der Waals surface area contributed by atoms with Crippen molar-refractivity contribution in [3.8, 4) is 28.4 Å². The average Bonchev–Trinajstić information content (AvgIpc) is 2.62. The molecule has 0 saturated carbocycles. The molecule has 0 radical (unpaired) electrons. The lowest BCUT2D eigenvalue weighted by atomic mass is 10.1. The Labute approximate surface area is 146 Å². The normalized spacial score (nSPS) is 10.8. The first-order valence-corrected chi connectivity index (χ1v) is 8.77. The van der Waals surface area contributed by atoms with E-state index in [1.54, 1.807) is 37.7 Å². The smallest absolute Gasteiger partial charge is 0.212 e. The summed E-state index contributed by atoms with van der Waals surface area (Å²) >= 11 is 0. The zero-order valence-electron chi connectivity index (χ0n) is 13.4. The lowest BCUT2D eigenvalue weighted by Crippen LogP contribution is -1.99. The van der Waals surface area contributed by atoms with E-state index in [9.17, 15) is 8.42 Å². The van der Waals surface area contributed by atoms with Gasteiger partial charge in [0.05, 0.1) is 24.8 Å². The van der Waals surface area contributed by atoms with Gasteiger partial charge in [-0.1, -0.05) is 24.3 Å². The van der Waals surface area contributed by atoms with Gasteiger partial charge in [0.15, 0.2) is 0 Å². The highest BCUT2D eigenvalue weighted by atomic mass is 32.2. The van der Waals surface area contributed by atoms with Crippen LogP contribution in [0.15, 0.2) is 48.8 Å². The van der Waals surface area contributed by atoms with Gasteiger partial charge in [-0.3, -0.25) is 0 Å². The predicted molar refractivity (Wildman–Crippen MR) is 95.7 cm³/mol. The van der Waals surface area contributed by atoms with Gasteiger partial charge < -0.3 is 10.5 Å². The topological polar surface area (TPSA) is 108 Å². The van der Waals surface area contributed by atoms with Gasteiger partial charge in [-0.05, 0) is 11.6 Å². The standard InChI is InChI=1S/C17H16N4O3S/c1-24-15-7-6-13(8-19-15)16-17(18)20-9-14(21-16)12-4-2-11(3-5-12)10-25(22)23/h2-9,25H,10H2,1H3,(H2,18,20). The molecule has 0 aliphatic heterocycles. The largest absolute Gasteiger partial charge is 0.481 e. The predicted octanol–water partition coefficient (Wildman–Crippen LogP) is 1.91. The van der Waals surface area contributed by atoms with Crippen LogP contribution < -0.4 is 10.5 Å². The van der Waals surface area contributed by atoms with E-state index >= 15 is 0 Å². The lowest BCUT2D eigenvalue weighted by molar-refractivity contribution is 0.398. The number of aromatic nitrogens is 3. The minimum atomic E-state index is -2.45. The van der Waals surface area contributed by atoms with Crippen LogP contribution in [0.5, 0.6) is 5.88 Å². The molecule has 7 nitrogen and oxygen atoms in total. The van der Waals surface area contributed by atoms with E-state index in [1.165, 1.54) is 0 Å². The number of hydrogen-bond acceptors (Lipinski definition) is 7. The summed E-state index contributed by atoms with van der Waals surface area (Å²) in [6.45, 7) is 0. The molecule has 2 N–H and O–H groups in total. The number of anilines is 1. The van der Waals surface area contributed by atoms with E-state index in [0.717, 1.165) is 16.7 Å². The number of nitrogens with two attached hydrogens (primary N) is 1. The number of ether oxygens (including phenoxy) is 1. The molecule has 2 heterocycles. The van der Waals surface area contributed by atoms with Crippen molar-refractivity contribution in [1.82, 2.24) is 15.0 Å². The number of benzene rings is 1. The number of nitrogen functional groups attached to an aromatic ring is 1. The maximum atomic E-state index is 10.8. The Balaban J connectivity index is 1.95. The Bertz CT molecular complexity index is 947. The third-order valence-electron chi connectivity index (χ3n) is 3.58. The van der Waals surface area contributed by atoms with Gasteiger partial charge in [0.1, 0.15) is 22.2 Å². The molecular formula is C17H16N4O3S. The van der Waals surface area contributed by atoms with Crippen molar-refractivity contribution < 1.29 is 13.2 Å². The summed E-state index contributed by atoms with van der Waals surface area (Å²) in [6, 6.07) is 10.7. The minimum absolute atomic E-state index is 0.0196. The van der Waals surface area contributed by atoms with Gasteiger partial charge in [-0.25, -0.2) is 23.4 Å². The van der Waals surface area contributed by atoms with Crippen molar-refractivity contribution >= 4 is 16.5 Å². The molecule has 0 amide bonds. The molecule has 0 fully saturated rings. The fourth-order valence-corrected chi connectivity index (χ4v) is 2.83. The molecule has 25 heavy (non-hydrogen) atoms. The van der Waals surface area contributed by atoms with Crippen LogP contribution in [-0.2, 0) is 16.5 Å². The Morgan fingerprint density at radius 1 is 1.00 bits per heavy atom. The SMILES string of the molecule is COc1ccc(-c2nc(-c3ccc(C[SH](=O)=O)cc3)cnc2N)cn1. The lowest BCUT2D eigenvalue weighted by Gasteiger charge is -2.08. The van der Waals surface area contributed by atoms with Gasteiger partial charge >= 0.3 is 0 Å². The second kappa shape index (κ2) is 7.27. The summed E-state index contributed by atoms with van der Waals surface area (Å²) in [5, 5.41) is 0. The molecule has 1 aromatic carbocycles. The number of methoxy groups -OCH3 is 1. The van der Waals surface area contributed by atoms with Gasteiger partial charge in [-0.15, -0.1) is 0 Å². The minimum Gasteiger partial charge on any atom is -0.481 e. The molecule has 0 saturated heterocycles. The van der Waals surface area contributed by atoms with E-state index < -0.39 is 10.7 Å². The van der Waals surface area contributed by atoms with Crippen LogP contribution in [0.3, 0.4) is 0 Å². The van der Waals surface area contributed by atoms with Crippen molar-refractivity contribution in [2.75, 3.05) is 12.8 Å². The van der Waals surface area contributed by atoms with Crippen LogP contribution in [0, 0.1) is 0 Å². The van der Waals surface area contributed by atoms with Crippen LogP contribution in [-0.4, -0.2) is 30.5 Å². The van der Waals surface area contributed by atoms with Crippen LogP contribution in [0.2, 0.25) is 0 Å². The van der Waals surface area contributed by atoms with Crippen molar-refractivity contribution in [2.45, 2.75) is 5.75 Å². The van der Waals surface area contributed by atoms with Gasteiger partial charge in [-0.2, -0.15) is 0 Å². The zero-order chi connectivity index (χ0) is 17.8. The number of pyridine rings is 1. The molecule has 8 heteroatoms. The Hall–Kier alpha value is -3.00. The summed E-state index contributed by atoms with van der Waals surface area (Å²) in [5.74, 6) is 0.820. The molecule has 0 spiro atoms. The molecule has 2 aromatic heterocycles. The van der Waals surface area contributed by atoms with E-state index in [0.29, 0.717) is 23.1 Å². The quantitative estimate of drug-likeness (QED) is 0.672. The highest BCUT2D eigenvalue weighted by Crippen LogP contribution is 2.26. The molecule has 3 rings (SSSR count). The van der Waals surface area contributed by atoms with Crippen LogP contribution >= 0.6 is 0 Å². The highest BCUT2D eigenvalue weighted by molar-refractivity contribution is 7.71. The maximum absolute atomic E-state index is 10.8. The molecule has 0 aliphatic rings. The van der Waals surface area contributed by atoms with Crippen LogP contribution in [0.25, 0.3) is 22.5 Å². The average molecular weight is 356 g/mol. The Morgan fingerprint density at radius 2 is 1.72 bits per heavy atom. The van der Waals surface area contributed by atoms with E-state index in [-0.39, 0.29) is 5.75 Å². The van der Waals surface area contributed by atoms with Crippen LogP contribution in [0.4, 0.5) is 5.82 Å². The van der Waals surface area contributed by atoms with Crippen LogP contribution in [0.1, 0.15) is 5.56 Å². The van der Waals surface area contributed by atoms with Gasteiger partial charge in [0.2, 0.25) is 5.88 Å². The number of nitrogens with zero attached hydrogens (tertiary/aromatic N) is 3. The first-order chi connectivity index (χ1) is 12.1. The summed E-state index contributed by atoms with van der Waals surface area (Å²) in [6.07, 6.45) is 3.20. The first kappa shape index (κ1) is 16.8. The highest BCUT2D eigenvalue weighted by Gasteiger charge is 2.10. The Kier molecular flexibility index (Phi) is 4.90. The molecule has 0 atom stereocenters. The second-order valence-electron chi connectivity index (χ2n) is 5.27. The third kappa shape index (κ3) is 3.92. The first-order valence-electron chi connectivity index (χ1n) is 7.41. The van der Waals surface area contributed by atoms with Crippen molar-refractivity contribution in [3.63, 3.8) is 0 Å². The molecule has 0 bridgehead atoms. The monoisotopic (exact) mass is 356 g/mol. The van der Waals surface area contributed by atoms with Crippen molar-refractivity contribution in [1.29, 1.82) is 0 Å². The Morgan fingerprint density at radius 3 is 2.32 bits per heavy atom. The van der Waals surface area contributed by atoms with Crippen molar-refractivity contribution in [3.05, 3.63) is 54.4 Å². The molecular weight excluding hydrogens is 340 g/mol. The van der Waals surface area contributed by atoms with E-state index in [4.69, 9.17) is 10.5 Å². The van der Waals surface area contributed by atoms with Gasteiger partial charge in [0, 0.05) is 23.4 Å². The number of rotatable bonds is 5. The molecule has 128 valence electrons. The third-order valence-corrected chi connectivity index (χ3v) is 4.20. The van der Waals surface area contributed by atoms with Gasteiger partial charge in [0.25, 0.3) is 0 Å². The second-order valence-corrected chi connectivity index (χ2v) is 6.25. The van der Waals surface area contributed by atoms with E-state index in [2.05, 4.69) is 15.0 Å². The maximum Gasteiger partial charge on any atom is 0.212 e. The summed E-state index contributed by atoms with van der Waals surface area (Å²) in [4.78, 5) is 12.9. The fraction of sp³-hybridized carbons (Fsp3) is 0.118. The molecule has 0 unspecified atom stereocenters. The number of hydrogen-bond donors (Lipinski definition) is 2. The molecule has 0 aliphatic carbocycles. The molecule has 3 aromatic rings. The number of thiol groups is 1. The van der Waals surface area contributed by atoms with E-state index in [1.807, 2.05) is 18.2 Å². The summed E-state index contributed by atoms with van der Waals surface area (Å²) < 4.78 is 26.6. The zero-order valence-corrected chi connectivity index (χ0v) is 14.3. The fourth-order valence-electron chi connectivity index (χ4n) is 2.32. The van der Waals surface area contributed by atoms with Crippen molar-refractivity contribution in [2.24, 2.45) is 0 Å². The summed E-state index contributed by atoms with van der Waals surface area (Å²) in [7, 11) is -0.901.